The van der Waals surface area contributed by atoms with Crippen molar-refractivity contribution in [1.82, 2.24) is 24.1 Å². The number of likely N-dealkylation sites (tertiary alicyclic amines) is 1. The molecule has 2 aromatic heterocycles. The third-order valence-electron chi connectivity index (χ3n) is 5.73. The number of fused-ring (bicyclic) bond motifs is 3. The van der Waals surface area contributed by atoms with E-state index in [-0.39, 0.29) is 23.6 Å². The lowest BCUT2D eigenvalue weighted by Crippen LogP contribution is -2.48. The second kappa shape index (κ2) is 8.18. The second-order valence-corrected chi connectivity index (χ2v) is 8.75. The van der Waals surface area contributed by atoms with Gasteiger partial charge in [-0.25, -0.2) is 0 Å². The minimum Gasteiger partial charge on any atom is -0.337 e. The monoisotopic (exact) mass is 413 g/mol. The van der Waals surface area contributed by atoms with Gasteiger partial charge in [0.25, 0.3) is 5.56 Å². The Bertz CT molecular complexity index is 1100. The molecule has 0 unspecified atom stereocenters. The van der Waals surface area contributed by atoms with Crippen LogP contribution in [0, 0.1) is 0 Å². The molecule has 0 spiro atoms. The van der Waals surface area contributed by atoms with Crippen LogP contribution in [-0.4, -0.2) is 47.8 Å². The van der Waals surface area contributed by atoms with E-state index in [0.29, 0.717) is 28.6 Å². The highest BCUT2D eigenvalue weighted by molar-refractivity contribution is 7.99. The molecule has 1 aromatic carbocycles. The first-order valence-corrected chi connectivity index (χ1v) is 11.3. The summed E-state index contributed by atoms with van der Waals surface area (Å²) in [5, 5.41) is 9.91. The van der Waals surface area contributed by atoms with E-state index < -0.39 is 0 Å². The van der Waals surface area contributed by atoms with Crippen LogP contribution in [0.25, 0.3) is 16.7 Å². The van der Waals surface area contributed by atoms with Gasteiger partial charge >= 0.3 is 0 Å². The van der Waals surface area contributed by atoms with Crippen LogP contribution < -0.4 is 5.56 Å². The Morgan fingerprint density at radius 2 is 1.90 bits per heavy atom. The molecule has 0 N–H and O–H groups in total. The molecule has 4 rings (SSSR count). The van der Waals surface area contributed by atoms with Gasteiger partial charge in [-0.3, -0.25) is 18.6 Å². The molecule has 1 aliphatic rings. The zero-order valence-electron chi connectivity index (χ0n) is 17.2. The molecule has 2 atom stereocenters. The number of piperidine rings is 1. The second-order valence-electron chi connectivity index (χ2n) is 7.81. The highest BCUT2D eigenvalue weighted by Crippen LogP contribution is 2.26. The number of nitrogens with zero attached hydrogens (tertiary/aromatic N) is 5. The van der Waals surface area contributed by atoms with Crippen LogP contribution >= 0.6 is 11.8 Å². The lowest BCUT2D eigenvalue weighted by molar-refractivity contribution is -0.134. The maximum absolute atomic E-state index is 12.9. The van der Waals surface area contributed by atoms with Crippen LogP contribution in [0.2, 0.25) is 0 Å². The SMILES string of the molecule is CCCn1c(=O)c2ccccc2n2c(SCC(=O)N3[C@@H](C)CCC[C@@H]3C)nnc12. The molecule has 0 radical (unpaired) electrons. The van der Waals surface area contributed by atoms with Crippen molar-refractivity contribution in [1.29, 1.82) is 0 Å². The fourth-order valence-electron chi connectivity index (χ4n) is 4.37. The van der Waals surface area contributed by atoms with Crippen molar-refractivity contribution < 1.29 is 4.79 Å². The highest BCUT2D eigenvalue weighted by Gasteiger charge is 2.29. The number of benzene rings is 1. The molecular formula is C21H27N5O2S. The minimum absolute atomic E-state index is 0.0501. The van der Waals surface area contributed by atoms with Gasteiger partial charge in [-0.2, -0.15) is 0 Å². The highest BCUT2D eigenvalue weighted by atomic mass is 32.2. The lowest BCUT2D eigenvalue weighted by Gasteiger charge is -2.39. The molecule has 154 valence electrons. The molecule has 0 saturated carbocycles. The molecule has 1 aliphatic heterocycles. The summed E-state index contributed by atoms with van der Waals surface area (Å²) in [5.41, 5.74) is 0.727. The number of hydrogen-bond donors (Lipinski definition) is 0. The summed E-state index contributed by atoms with van der Waals surface area (Å²) in [5.74, 6) is 0.985. The Kier molecular flexibility index (Phi) is 5.63. The van der Waals surface area contributed by atoms with E-state index in [2.05, 4.69) is 24.0 Å². The Labute approximate surface area is 174 Å². The fourth-order valence-corrected chi connectivity index (χ4v) is 5.18. The quantitative estimate of drug-likeness (QED) is 0.600. The number of aryl methyl sites for hydroxylation is 1. The van der Waals surface area contributed by atoms with E-state index in [0.717, 1.165) is 24.8 Å². The molecule has 1 amide bonds. The van der Waals surface area contributed by atoms with Crippen molar-refractivity contribution in [3.8, 4) is 0 Å². The van der Waals surface area contributed by atoms with Gasteiger partial charge in [-0.15, -0.1) is 10.2 Å². The standard InChI is InChI=1S/C21H27N5O2S/c1-4-12-24-19(28)16-10-5-6-11-17(16)26-20(24)22-23-21(26)29-13-18(27)25-14(2)8-7-9-15(25)3/h5-6,10-11,14-15H,4,7-9,12-13H2,1-3H3/t14-,15-/m0/s1. The third kappa shape index (κ3) is 3.54. The first-order valence-electron chi connectivity index (χ1n) is 10.3. The Hall–Kier alpha value is -2.35. The molecule has 29 heavy (non-hydrogen) atoms. The van der Waals surface area contributed by atoms with E-state index >= 15 is 0 Å². The van der Waals surface area contributed by atoms with Gasteiger partial charge in [0, 0.05) is 18.6 Å². The van der Waals surface area contributed by atoms with E-state index in [1.807, 2.05) is 40.5 Å². The number of rotatable bonds is 5. The molecule has 7 nitrogen and oxygen atoms in total. The summed E-state index contributed by atoms with van der Waals surface area (Å²) in [6.45, 7) is 6.87. The fraction of sp³-hybridized carbons (Fsp3) is 0.524. The van der Waals surface area contributed by atoms with Crippen molar-refractivity contribution >= 4 is 34.3 Å². The average molecular weight is 414 g/mol. The van der Waals surface area contributed by atoms with Crippen molar-refractivity contribution in [2.24, 2.45) is 0 Å². The summed E-state index contributed by atoms with van der Waals surface area (Å²) in [6, 6.07) is 8.06. The Morgan fingerprint density at radius 3 is 2.62 bits per heavy atom. The van der Waals surface area contributed by atoms with Gasteiger partial charge < -0.3 is 4.90 Å². The molecule has 1 saturated heterocycles. The van der Waals surface area contributed by atoms with E-state index in [1.165, 1.54) is 18.2 Å². The van der Waals surface area contributed by atoms with Gasteiger partial charge in [-0.05, 0) is 51.7 Å². The van der Waals surface area contributed by atoms with Gasteiger partial charge in [0.05, 0.1) is 16.7 Å². The van der Waals surface area contributed by atoms with Crippen molar-refractivity contribution in [2.75, 3.05) is 5.75 Å². The zero-order chi connectivity index (χ0) is 20.5. The summed E-state index contributed by atoms with van der Waals surface area (Å²) >= 11 is 1.39. The Morgan fingerprint density at radius 1 is 1.17 bits per heavy atom. The van der Waals surface area contributed by atoms with Gasteiger partial charge in [0.2, 0.25) is 11.7 Å². The van der Waals surface area contributed by atoms with Crippen LogP contribution in [0.1, 0.15) is 46.5 Å². The summed E-state index contributed by atoms with van der Waals surface area (Å²) < 4.78 is 3.59. The number of amides is 1. The molecule has 0 bridgehead atoms. The number of carbonyl (C=O) groups is 1. The van der Waals surface area contributed by atoms with Gasteiger partial charge in [-0.1, -0.05) is 30.8 Å². The number of carbonyl (C=O) groups excluding carboxylic acids is 1. The van der Waals surface area contributed by atoms with E-state index in [4.69, 9.17) is 0 Å². The predicted octanol–water partition coefficient (Wildman–Crippen LogP) is 3.34. The predicted molar refractivity (Wildman–Crippen MR) is 115 cm³/mol. The maximum atomic E-state index is 12.9. The largest absolute Gasteiger partial charge is 0.337 e. The summed E-state index contributed by atoms with van der Waals surface area (Å²) in [7, 11) is 0. The topological polar surface area (TPSA) is 72.5 Å². The van der Waals surface area contributed by atoms with Crippen LogP contribution in [0.15, 0.2) is 34.2 Å². The smallest absolute Gasteiger partial charge is 0.262 e. The Balaban J connectivity index is 1.70. The van der Waals surface area contributed by atoms with Crippen molar-refractivity contribution in [3.05, 3.63) is 34.6 Å². The van der Waals surface area contributed by atoms with Crippen LogP contribution in [0.4, 0.5) is 0 Å². The summed E-state index contributed by atoms with van der Waals surface area (Å²) in [4.78, 5) is 27.8. The van der Waals surface area contributed by atoms with Crippen LogP contribution in [-0.2, 0) is 11.3 Å². The van der Waals surface area contributed by atoms with Gasteiger partial charge in [0.1, 0.15) is 0 Å². The third-order valence-corrected chi connectivity index (χ3v) is 6.65. The molecular weight excluding hydrogens is 386 g/mol. The number of para-hydroxylation sites is 1. The number of hydrogen-bond acceptors (Lipinski definition) is 5. The molecule has 8 heteroatoms. The normalized spacial score (nSPS) is 19.9. The average Bonchev–Trinajstić information content (AvgIpc) is 3.13. The molecule has 1 fully saturated rings. The lowest BCUT2D eigenvalue weighted by atomic mass is 9.98. The van der Waals surface area contributed by atoms with Crippen LogP contribution in [0.5, 0.6) is 0 Å². The zero-order valence-corrected chi connectivity index (χ0v) is 18.0. The van der Waals surface area contributed by atoms with E-state index in [9.17, 15) is 9.59 Å². The molecule has 3 aromatic rings. The minimum atomic E-state index is -0.0501. The van der Waals surface area contributed by atoms with Crippen molar-refractivity contribution in [3.63, 3.8) is 0 Å². The number of thioether (sulfide) groups is 1. The van der Waals surface area contributed by atoms with E-state index in [1.54, 1.807) is 4.57 Å². The maximum Gasteiger partial charge on any atom is 0.262 e. The van der Waals surface area contributed by atoms with Crippen molar-refractivity contribution in [2.45, 2.75) is 70.2 Å². The van der Waals surface area contributed by atoms with Crippen LogP contribution in [0.3, 0.4) is 0 Å². The number of aromatic nitrogens is 4. The molecule has 0 aliphatic carbocycles. The first kappa shape index (κ1) is 19.9. The van der Waals surface area contributed by atoms with Gasteiger partial charge in [0.15, 0.2) is 5.16 Å². The molecule has 3 heterocycles. The summed E-state index contributed by atoms with van der Waals surface area (Å²) in [6.07, 6.45) is 4.12. The first-order chi connectivity index (χ1) is 14.0.